The van der Waals surface area contributed by atoms with Gasteiger partial charge in [-0.25, -0.2) is 18.9 Å². The van der Waals surface area contributed by atoms with E-state index in [-0.39, 0.29) is 35.6 Å². The number of carbonyl (C=O) groups excluding carboxylic acids is 4. The lowest BCUT2D eigenvalue weighted by Gasteiger charge is -2.13. The van der Waals surface area contributed by atoms with Crippen molar-refractivity contribution in [3.63, 3.8) is 0 Å². The second kappa shape index (κ2) is 8.81. The van der Waals surface area contributed by atoms with Crippen LogP contribution in [0.5, 0.6) is 0 Å². The molecule has 0 fully saturated rings. The number of anilines is 1. The highest BCUT2D eigenvalue weighted by atomic mass is 19.1. The van der Waals surface area contributed by atoms with Gasteiger partial charge in [-0.2, -0.15) is 0 Å². The van der Waals surface area contributed by atoms with Crippen LogP contribution in [0, 0.1) is 5.82 Å². The van der Waals surface area contributed by atoms with Crippen LogP contribution in [0.25, 0.3) is 0 Å². The SMILES string of the molecule is O=C(OCCOC(=O)c1ccc2c(c1)C(=O)N(c1ccc(F)cc1)C2=O)c1ccccc1. The molecule has 0 radical (unpaired) electrons. The van der Waals surface area contributed by atoms with Gasteiger partial charge in [-0.05, 0) is 54.6 Å². The number of imide groups is 1. The standard InChI is InChI=1S/C24H16FNO6/c25-17-7-9-18(10-8-17)26-21(27)19-11-6-16(14-20(19)22(26)28)24(30)32-13-12-31-23(29)15-4-2-1-3-5-15/h1-11,14H,12-13H2. The Morgan fingerprint density at radius 2 is 1.31 bits per heavy atom. The monoisotopic (exact) mass is 433 g/mol. The van der Waals surface area contributed by atoms with Crippen LogP contribution in [0.15, 0.2) is 72.8 Å². The fraction of sp³-hybridized carbons (Fsp3) is 0.0833. The van der Waals surface area contributed by atoms with E-state index in [2.05, 4.69) is 0 Å². The highest BCUT2D eigenvalue weighted by Gasteiger charge is 2.37. The summed E-state index contributed by atoms with van der Waals surface area (Å²) in [5, 5.41) is 0. The maximum absolute atomic E-state index is 13.2. The third-order valence-electron chi connectivity index (χ3n) is 4.77. The molecule has 1 aliphatic rings. The molecule has 0 saturated carbocycles. The minimum Gasteiger partial charge on any atom is -0.458 e. The summed E-state index contributed by atoms with van der Waals surface area (Å²) in [6.07, 6.45) is 0. The number of rotatable bonds is 6. The molecule has 7 nitrogen and oxygen atoms in total. The normalized spacial score (nSPS) is 12.5. The van der Waals surface area contributed by atoms with E-state index in [1.165, 1.54) is 30.3 Å². The molecule has 4 rings (SSSR count). The minimum absolute atomic E-state index is 0.0456. The number of fused-ring (bicyclic) bond motifs is 1. The fourth-order valence-electron chi connectivity index (χ4n) is 3.20. The van der Waals surface area contributed by atoms with E-state index in [0.29, 0.717) is 5.56 Å². The predicted molar refractivity (Wildman–Crippen MR) is 111 cm³/mol. The molecule has 0 aliphatic carbocycles. The Hall–Kier alpha value is -4.33. The van der Waals surface area contributed by atoms with Crippen molar-refractivity contribution in [2.45, 2.75) is 0 Å². The van der Waals surface area contributed by atoms with Gasteiger partial charge in [-0.15, -0.1) is 0 Å². The highest BCUT2D eigenvalue weighted by Crippen LogP contribution is 2.29. The van der Waals surface area contributed by atoms with Crippen LogP contribution in [-0.4, -0.2) is 37.0 Å². The van der Waals surface area contributed by atoms with Gasteiger partial charge in [0.25, 0.3) is 11.8 Å². The van der Waals surface area contributed by atoms with Crippen molar-refractivity contribution in [2.24, 2.45) is 0 Å². The van der Waals surface area contributed by atoms with Crippen LogP contribution in [-0.2, 0) is 9.47 Å². The summed E-state index contributed by atoms with van der Waals surface area (Å²) in [7, 11) is 0. The van der Waals surface area contributed by atoms with Crippen molar-refractivity contribution < 1.29 is 33.0 Å². The van der Waals surface area contributed by atoms with E-state index in [0.717, 1.165) is 17.0 Å². The average Bonchev–Trinajstić information content (AvgIpc) is 3.07. The molecule has 3 aromatic rings. The molecule has 160 valence electrons. The summed E-state index contributed by atoms with van der Waals surface area (Å²) in [4.78, 5) is 50.5. The number of ether oxygens (including phenoxy) is 2. The molecule has 0 aromatic heterocycles. The lowest BCUT2D eigenvalue weighted by atomic mass is 10.1. The van der Waals surface area contributed by atoms with Crippen molar-refractivity contribution in [3.8, 4) is 0 Å². The van der Waals surface area contributed by atoms with Gasteiger partial charge < -0.3 is 9.47 Å². The highest BCUT2D eigenvalue weighted by molar-refractivity contribution is 6.34. The van der Waals surface area contributed by atoms with Crippen LogP contribution < -0.4 is 4.90 Å². The molecule has 32 heavy (non-hydrogen) atoms. The molecule has 2 amide bonds. The maximum atomic E-state index is 13.2. The predicted octanol–water partition coefficient (Wildman–Crippen LogP) is 3.64. The van der Waals surface area contributed by atoms with E-state index in [4.69, 9.17) is 9.47 Å². The van der Waals surface area contributed by atoms with E-state index in [9.17, 15) is 23.6 Å². The van der Waals surface area contributed by atoms with Crippen molar-refractivity contribution >= 4 is 29.4 Å². The van der Waals surface area contributed by atoms with Gasteiger partial charge in [0.05, 0.1) is 27.9 Å². The molecular formula is C24H16FNO6. The summed E-state index contributed by atoms with van der Waals surface area (Å²) < 4.78 is 23.3. The Morgan fingerprint density at radius 3 is 1.97 bits per heavy atom. The number of carbonyl (C=O) groups is 4. The van der Waals surface area contributed by atoms with E-state index >= 15 is 0 Å². The number of hydrogen-bond donors (Lipinski definition) is 0. The summed E-state index contributed by atoms with van der Waals surface area (Å²) >= 11 is 0. The zero-order valence-electron chi connectivity index (χ0n) is 16.6. The lowest BCUT2D eigenvalue weighted by Crippen LogP contribution is -2.29. The van der Waals surface area contributed by atoms with Gasteiger partial charge in [0.2, 0.25) is 0 Å². The van der Waals surface area contributed by atoms with Crippen LogP contribution in [0.2, 0.25) is 0 Å². The fourth-order valence-corrected chi connectivity index (χ4v) is 3.20. The van der Waals surface area contributed by atoms with Gasteiger partial charge in [0.15, 0.2) is 0 Å². The van der Waals surface area contributed by atoms with Gasteiger partial charge >= 0.3 is 11.9 Å². The number of halogens is 1. The number of esters is 2. The quantitative estimate of drug-likeness (QED) is 0.335. The molecular weight excluding hydrogens is 417 g/mol. The summed E-state index contributed by atoms with van der Waals surface area (Å²) in [6.45, 7) is -0.316. The Morgan fingerprint density at radius 1 is 0.719 bits per heavy atom. The zero-order chi connectivity index (χ0) is 22.7. The Balaban J connectivity index is 1.39. The van der Waals surface area contributed by atoms with Crippen molar-refractivity contribution in [3.05, 3.63) is 101 Å². The molecule has 1 aliphatic heterocycles. The lowest BCUT2D eigenvalue weighted by molar-refractivity contribution is 0.0265. The van der Waals surface area contributed by atoms with Crippen LogP contribution in [0.3, 0.4) is 0 Å². The van der Waals surface area contributed by atoms with Gasteiger partial charge in [0, 0.05) is 0 Å². The summed E-state index contributed by atoms with van der Waals surface area (Å²) in [6, 6.07) is 17.3. The molecule has 0 N–H and O–H groups in total. The molecule has 0 spiro atoms. The van der Waals surface area contributed by atoms with E-state index in [1.54, 1.807) is 30.3 Å². The molecule has 0 bridgehead atoms. The Kier molecular flexibility index (Phi) is 5.76. The number of hydrogen-bond acceptors (Lipinski definition) is 6. The maximum Gasteiger partial charge on any atom is 0.338 e. The second-order valence-corrected chi connectivity index (χ2v) is 6.82. The first-order valence-electron chi connectivity index (χ1n) is 9.63. The van der Waals surface area contributed by atoms with Gasteiger partial charge in [0.1, 0.15) is 19.0 Å². The van der Waals surface area contributed by atoms with Crippen molar-refractivity contribution in [2.75, 3.05) is 18.1 Å². The van der Waals surface area contributed by atoms with Crippen LogP contribution >= 0.6 is 0 Å². The van der Waals surface area contributed by atoms with E-state index in [1.807, 2.05) is 0 Å². The molecule has 0 atom stereocenters. The largest absolute Gasteiger partial charge is 0.458 e. The van der Waals surface area contributed by atoms with Crippen LogP contribution in [0.1, 0.15) is 41.4 Å². The third-order valence-corrected chi connectivity index (χ3v) is 4.77. The van der Waals surface area contributed by atoms with Gasteiger partial charge in [-0.3, -0.25) is 9.59 Å². The average molecular weight is 433 g/mol. The first-order chi connectivity index (χ1) is 15.5. The molecule has 1 heterocycles. The summed E-state index contributed by atoms with van der Waals surface area (Å²) in [5.41, 5.74) is 0.852. The minimum atomic E-state index is -0.732. The number of nitrogens with zero attached hydrogens (tertiary/aromatic N) is 1. The summed E-state index contributed by atoms with van der Waals surface area (Å²) in [5.74, 6) is -2.95. The smallest absolute Gasteiger partial charge is 0.338 e. The van der Waals surface area contributed by atoms with Crippen molar-refractivity contribution in [1.29, 1.82) is 0 Å². The molecule has 0 unspecified atom stereocenters. The second-order valence-electron chi connectivity index (χ2n) is 6.82. The number of amides is 2. The zero-order valence-corrected chi connectivity index (χ0v) is 16.6. The van der Waals surface area contributed by atoms with E-state index < -0.39 is 29.6 Å². The Bertz CT molecular complexity index is 1210. The number of benzene rings is 3. The Labute approximate surface area is 182 Å². The first kappa shape index (κ1) is 20.9. The van der Waals surface area contributed by atoms with Crippen molar-refractivity contribution in [1.82, 2.24) is 0 Å². The topological polar surface area (TPSA) is 90.0 Å². The first-order valence-corrected chi connectivity index (χ1v) is 9.63. The van der Waals surface area contributed by atoms with Gasteiger partial charge in [-0.1, -0.05) is 18.2 Å². The molecule has 3 aromatic carbocycles. The molecule has 0 saturated heterocycles. The molecule has 8 heteroatoms. The third kappa shape index (κ3) is 4.11. The van der Waals surface area contributed by atoms with Crippen LogP contribution in [0.4, 0.5) is 10.1 Å².